The van der Waals surface area contributed by atoms with E-state index in [4.69, 9.17) is 29.9 Å². The summed E-state index contributed by atoms with van der Waals surface area (Å²) in [5.41, 5.74) is 13.4. The molecule has 3 heterocycles. The summed E-state index contributed by atoms with van der Waals surface area (Å²) in [6.07, 6.45) is 1.84. The van der Waals surface area contributed by atoms with Gasteiger partial charge in [0.05, 0.1) is 17.1 Å². The van der Waals surface area contributed by atoms with Crippen LogP contribution in [0.15, 0.2) is 231 Å². The zero-order valence-corrected chi connectivity index (χ0v) is 34.6. The van der Waals surface area contributed by atoms with Gasteiger partial charge in [0.2, 0.25) is 0 Å². The molecule has 0 spiro atoms. The van der Waals surface area contributed by atoms with E-state index >= 15 is 0 Å². The maximum atomic E-state index is 5.20. The standard InChI is InChI=1S/C58H38N6/c1-4-18-40(19-5-1)52-38-53(61-57(60-52)46-35-30-39-17-10-11-24-45(39)37-46)41-31-33-42(34-32-41)54-48(27-16-28-50(54)51-29-14-15-36-59-51)47-25-12-13-26-49(47)58-63-55(43-20-6-2-7-21-43)62-56(64-58)44-22-8-3-9-23-44/h1-38H. The van der Waals surface area contributed by atoms with Gasteiger partial charge in [-0.15, -0.1) is 0 Å². The van der Waals surface area contributed by atoms with E-state index in [1.54, 1.807) is 0 Å². The molecule has 0 radical (unpaired) electrons. The minimum absolute atomic E-state index is 0.591. The predicted molar refractivity (Wildman–Crippen MR) is 260 cm³/mol. The lowest BCUT2D eigenvalue weighted by Crippen LogP contribution is -2.01. The summed E-state index contributed by atoms with van der Waals surface area (Å²) in [6, 6.07) is 76.9. The van der Waals surface area contributed by atoms with Crippen molar-refractivity contribution in [2.24, 2.45) is 0 Å². The topological polar surface area (TPSA) is 77.3 Å². The summed E-state index contributed by atoms with van der Waals surface area (Å²) >= 11 is 0. The van der Waals surface area contributed by atoms with Crippen molar-refractivity contribution in [2.45, 2.75) is 0 Å². The Bertz CT molecular complexity index is 3360. The Morgan fingerprint density at radius 3 is 1.38 bits per heavy atom. The Balaban J connectivity index is 1.06. The quantitative estimate of drug-likeness (QED) is 0.144. The van der Waals surface area contributed by atoms with Gasteiger partial charge in [0.1, 0.15) is 0 Å². The average Bonchev–Trinajstić information content (AvgIpc) is 3.39. The van der Waals surface area contributed by atoms with Gasteiger partial charge in [0, 0.05) is 45.1 Å². The zero-order chi connectivity index (χ0) is 42.7. The van der Waals surface area contributed by atoms with Gasteiger partial charge in [0.25, 0.3) is 0 Å². The van der Waals surface area contributed by atoms with E-state index in [1.807, 2.05) is 103 Å². The van der Waals surface area contributed by atoms with Crippen LogP contribution in [-0.4, -0.2) is 29.9 Å². The lowest BCUT2D eigenvalue weighted by Gasteiger charge is -2.18. The van der Waals surface area contributed by atoms with E-state index in [-0.39, 0.29) is 0 Å². The summed E-state index contributed by atoms with van der Waals surface area (Å²) < 4.78 is 0. The van der Waals surface area contributed by atoms with E-state index < -0.39 is 0 Å². The number of aromatic nitrogens is 6. The molecule has 0 N–H and O–H groups in total. The van der Waals surface area contributed by atoms with Crippen LogP contribution in [0.3, 0.4) is 0 Å². The Morgan fingerprint density at radius 2 is 0.719 bits per heavy atom. The van der Waals surface area contributed by atoms with Gasteiger partial charge < -0.3 is 0 Å². The normalized spacial score (nSPS) is 11.1. The highest BCUT2D eigenvalue weighted by atomic mass is 15.0. The number of pyridine rings is 1. The van der Waals surface area contributed by atoms with Crippen molar-refractivity contribution in [3.05, 3.63) is 231 Å². The highest BCUT2D eigenvalue weighted by molar-refractivity contribution is 5.98. The minimum atomic E-state index is 0.591. The zero-order valence-electron chi connectivity index (χ0n) is 34.6. The fourth-order valence-electron chi connectivity index (χ4n) is 8.28. The monoisotopic (exact) mass is 818 g/mol. The maximum Gasteiger partial charge on any atom is 0.164 e. The molecule has 0 unspecified atom stereocenters. The Morgan fingerprint density at radius 1 is 0.234 bits per heavy atom. The van der Waals surface area contributed by atoms with Gasteiger partial charge in [-0.1, -0.05) is 200 Å². The summed E-state index contributed by atoms with van der Waals surface area (Å²) in [6.45, 7) is 0. The third-order valence-electron chi connectivity index (χ3n) is 11.4. The van der Waals surface area contributed by atoms with Crippen molar-refractivity contribution in [1.29, 1.82) is 0 Å². The van der Waals surface area contributed by atoms with E-state index in [1.165, 1.54) is 5.39 Å². The third kappa shape index (κ3) is 7.61. The molecule has 8 aromatic carbocycles. The van der Waals surface area contributed by atoms with Gasteiger partial charge in [-0.05, 0) is 57.3 Å². The van der Waals surface area contributed by atoms with Gasteiger partial charge >= 0.3 is 0 Å². The Hall–Kier alpha value is -8.74. The predicted octanol–water partition coefficient (Wildman–Crippen LogP) is 14.2. The second-order valence-corrected chi connectivity index (χ2v) is 15.5. The first-order chi connectivity index (χ1) is 31.7. The lowest BCUT2D eigenvalue weighted by atomic mass is 9.87. The largest absolute Gasteiger partial charge is 0.256 e. The second-order valence-electron chi connectivity index (χ2n) is 15.5. The molecule has 0 fully saturated rings. The van der Waals surface area contributed by atoms with Crippen molar-refractivity contribution in [3.63, 3.8) is 0 Å². The third-order valence-corrected chi connectivity index (χ3v) is 11.4. The first-order valence-corrected chi connectivity index (χ1v) is 21.3. The molecule has 11 rings (SSSR count). The van der Waals surface area contributed by atoms with Crippen molar-refractivity contribution in [3.8, 4) is 102 Å². The van der Waals surface area contributed by atoms with Crippen LogP contribution in [0, 0.1) is 0 Å². The molecule has 0 bridgehead atoms. The van der Waals surface area contributed by atoms with Gasteiger partial charge in [-0.25, -0.2) is 24.9 Å². The van der Waals surface area contributed by atoms with Crippen LogP contribution in [0.25, 0.3) is 112 Å². The molecule has 0 atom stereocenters. The molecular formula is C58H38N6. The average molecular weight is 819 g/mol. The molecule has 0 amide bonds. The highest BCUT2D eigenvalue weighted by Gasteiger charge is 2.21. The molecule has 3 aromatic heterocycles. The van der Waals surface area contributed by atoms with E-state index in [9.17, 15) is 0 Å². The van der Waals surface area contributed by atoms with Gasteiger partial charge in [-0.3, -0.25) is 4.98 Å². The van der Waals surface area contributed by atoms with Crippen molar-refractivity contribution >= 4 is 10.8 Å². The molecule has 0 saturated carbocycles. The summed E-state index contributed by atoms with van der Waals surface area (Å²) in [5, 5.41) is 2.32. The molecule has 300 valence electrons. The van der Waals surface area contributed by atoms with Crippen LogP contribution in [-0.2, 0) is 0 Å². The van der Waals surface area contributed by atoms with Crippen LogP contribution in [0.2, 0.25) is 0 Å². The molecular weight excluding hydrogens is 781 g/mol. The van der Waals surface area contributed by atoms with Gasteiger partial charge in [-0.2, -0.15) is 0 Å². The van der Waals surface area contributed by atoms with E-state index in [2.05, 4.69) is 127 Å². The Kier molecular flexibility index (Phi) is 10.1. The first-order valence-electron chi connectivity index (χ1n) is 21.3. The molecule has 0 aliphatic heterocycles. The lowest BCUT2D eigenvalue weighted by molar-refractivity contribution is 1.07. The van der Waals surface area contributed by atoms with Crippen molar-refractivity contribution in [1.82, 2.24) is 29.9 Å². The summed E-state index contributed by atoms with van der Waals surface area (Å²) in [5.74, 6) is 2.49. The maximum absolute atomic E-state index is 5.20. The highest BCUT2D eigenvalue weighted by Crippen LogP contribution is 2.43. The fourth-order valence-corrected chi connectivity index (χ4v) is 8.28. The van der Waals surface area contributed by atoms with Crippen LogP contribution in [0.4, 0.5) is 0 Å². The summed E-state index contributed by atoms with van der Waals surface area (Å²) in [4.78, 5) is 30.4. The van der Waals surface area contributed by atoms with Crippen molar-refractivity contribution < 1.29 is 0 Å². The van der Waals surface area contributed by atoms with Crippen LogP contribution in [0.5, 0.6) is 0 Å². The van der Waals surface area contributed by atoms with Crippen LogP contribution >= 0.6 is 0 Å². The number of rotatable bonds is 9. The molecule has 6 heteroatoms. The fraction of sp³-hybridized carbons (Fsp3) is 0. The van der Waals surface area contributed by atoms with Crippen molar-refractivity contribution in [2.75, 3.05) is 0 Å². The molecule has 0 aliphatic carbocycles. The molecule has 64 heavy (non-hydrogen) atoms. The SMILES string of the molecule is c1ccc(-c2cc(-c3ccc(-c4c(-c5ccccn5)cccc4-c4ccccc4-c4nc(-c5ccccc5)nc(-c5ccccc5)n4)cc3)nc(-c3ccc4ccccc4c3)n2)cc1. The van der Waals surface area contributed by atoms with E-state index in [0.717, 1.165) is 83.7 Å². The number of nitrogens with zero attached hydrogens (tertiary/aromatic N) is 6. The number of fused-ring (bicyclic) bond motifs is 1. The number of hydrogen-bond donors (Lipinski definition) is 0. The van der Waals surface area contributed by atoms with Gasteiger partial charge in [0.15, 0.2) is 23.3 Å². The molecule has 11 aromatic rings. The summed E-state index contributed by atoms with van der Waals surface area (Å²) in [7, 11) is 0. The van der Waals surface area contributed by atoms with E-state index in [0.29, 0.717) is 23.3 Å². The number of hydrogen-bond acceptors (Lipinski definition) is 6. The molecule has 6 nitrogen and oxygen atoms in total. The van der Waals surface area contributed by atoms with Crippen LogP contribution in [0.1, 0.15) is 0 Å². The first kappa shape index (κ1) is 38.2. The smallest absolute Gasteiger partial charge is 0.164 e. The molecule has 0 saturated heterocycles. The minimum Gasteiger partial charge on any atom is -0.256 e. The van der Waals surface area contributed by atoms with Crippen LogP contribution < -0.4 is 0 Å². The number of benzene rings is 8. The molecule has 0 aliphatic rings. The second kappa shape index (κ2) is 17.0. The Labute approximate surface area is 371 Å².